The third kappa shape index (κ3) is 4.04. The summed E-state index contributed by atoms with van der Waals surface area (Å²) in [5.74, 6) is -0.244. The fourth-order valence-electron chi connectivity index (χ4n) is 2.91. The minimum atomic E-state index is -0.480. The summed E-state index contributed by atoms with van der Waals surface area (Å²) >= 11 is 0. The molecule has 0 atom stereocenters. The zero-order chi connectivity index (χ0) is 19.4. The largest absolute Gasteiger partial charge is 0.497 e. The summed E-state index contributed by atoms with van der Waals surface area (Å²) in [5.41, 5.74) is 6.22. The van der Waals surface area contributed by atoms with Crippen LogP contribution in [0.1, 0.15) is 38.2 Å². The van der Waals surface area contributed by atoms with Crippen LogP contribution < -0.4 is 10.1 Å². The van der Waals surface area contributed by atoms with Gasteiger partial charge in [-0.15, -0.1) is 0 Å². The lowest BCUT2D eigenvalue weighted by molar-refractivity contribution is -0.119. The van der Waals surface area contributed by atoms with Gasteiger partial charge in [0.1, 0.15) is 5.75 Å². The van der Waals surface area contributed by atoms with Crippen LogP contribution in [0.5, 0.6) is 5.75 Å². The van der Waals surface area contributed by atoms with Gasteiger partial charge < -0.3 is 14.8 Å². The number of anilines is 1. The van der Waals surface area contributed by atoms with Crippen molar-refractivity contribution in [2.24, 2.45) is 0 Å². The maximum absolute atomic E-state index is 12.5. The number of ether oxygens (including phenoxy) is 2. The fraction of sp³-hybridized carbons (Fsp3) is 0.333. The Balaban J connectivity index is 2.08. The molecular weight excluding hydrogens is 330 g/mol. The number of esters is 1. The van der Waals surface area contributed by atoms with Crippen molar-refractivity contribution in [1.82, 2.24) is 0 Å². The van der Waals surface area contributed by atoms with E-state index in [2.05, 4.69) is 5.32 Å². The molecule has 26 heavy (non-hydrogen) atoms. The summed E-state index contributed by atoms with van der Waals surface area (Å²) in [6.07, 6.45) is 0. The number of nitrogens with one attached hydrogen (secondary N) is 1. The molecule has 0 aliphatic heterocycles. The van der Waals surface area contributed by atoms with Gasteiger partial charge in [0, 0.05) is 11.8 Å². The molecule has 2 rings (SSSR count). The topological polar surface area (TPSA) is 64.6 Å². The Labute approximate surface area is 154 Å². The highest BCUT2D eigenvalue weighted by Gasteiger charge is 2.20. The van der Waals surface area contributed by atoms with Crippen molar-refractivity contribution < 1.29 is 19.1 Å². The molecule has 2 aromatic carbocycles. The Morgan fingerprint density at radius 3 is 2.08 bits per heavy atom. The summed E-state index contributed by atoms with van der Waals surface area (Å²) in [4.78, 5) is 24.6. The molecular formula is C21H25NO4. The standard InChI is InChI=1S/C21H25NO4/c1-12-13(2)15(4)20(16(5)14(12)3)21(24)26-11-19(23)22-17-8-7-9-18(10-17)25-6/h7-10H,11H2,1-6H3,(H,22,23). The minimum absolute atomic E-state index is 0.346. The fourth-order valence-corrected chi connectivity index (χ4v) is 2.91. The predicted molar refractivity (Wildman–Crippen MR) is 102 cm³/mol. The van der Waals surface area contributed by atoms with E-state index in [0.29, 0.717) is 17.0 Å². The van der Waals surface area contributed by atoms with E-state index in [-0.39, 0.29) is 6.61 Å². The molecule has 0 saturated heterocycles. The highest BCUT2D eigenvalue weighted by molar-refractivity contribution is 5.97. The van der Waals surface area contributed by atoms with Gasteiger partial charge in [-0.1, -0.05) is 6.07 Å². The quantitative estimate of drug-likeness (QED) is 0.823. The number of benzene rings is 2. The second-order valence-corrected chi connectivity index (χ2v) is 6.36. The number of hydrogen-bond acceptors (Lipinski definition) is 4. The van der Waals surface area contributed by atoms with E-state index in [1.54, 1.807) is 31.4 Å². The predicted octanol–water partition coefficient (Wildman–Crippen LogP) is 4.03. The van der Waals surface area contributed by atoms with Crippen LogP contribution in [0.15, 0.2) is 24.3 Å². The first-order chi connectivity index (χ1) is 12.3. The summed E-state index contributed by atoms with van der Waals surface area (Å²) in [6.45, 7) is 9.48. The number of carbonyl (C=O) groups excluding carboxylic acids is 2. The summed E-state index contributed by atoms with van der Waals surface area (Å²) in [5, 5.41) is 2.69. The smallest absolute Gasteiger partial charge is 0.339 e. The summed E-state index contributed by atoms with van der Waals surface area (Å²) in [7, 11) is 1.55. The average molecular weight is 355 g/mol. The molecule has 0 spiro atoms. The van der Waals surface area contributed by atoms with E-state index in [4.69, 9.17) is 9.47 Å². The molecule has 0 aromatic heterocycles. The van der Waals surface area contributed by atoms with Crippen LogP contribution in [-0.4, -0.2) is 25.6 Å². The van der Waals surface area contributed by atoms with Crippen LogP contribution in [0.4, 0.5) is 5.69 Å². The van der Waals surface area contributed by atoms with Crippen LogP contribution in [0.25, 0.3) is 0 Å². The molecule has 0 aliphatic carbocycles. The van der Waals surface area contributed by atoms with E-state index in [1.807, 2.05) is 34.6 Å². The zero-order valence-corrected chi connectivity index (χ0v) is 16.1. The monoisotopic (exact) mass is 355 g/mol. The van der Waals surface area contributed by atoms with Crippen molar-refractivity contribution in [1.29, 1.82) is 0 Å². The number of amides is 1. The first-order valence-corrected chi connectivity index (χ1v) is 8.44. The molecule has 0 bridgehead atoms. The van der Waals surface area contributed by atoms with E-state index in [1.165, 1.54) is 5.56 Å². The number of methoxy groups -OCH3 is 1. The van der Waals surface area contributed by atoms with Crippen LogP contribution in [-0.2, 0) is 9.53 Å². The number of hydrogen-bond donors (Lipinski definition) is 1. The molecule has 1 N–H and O–H groups in total. The lowest BCUT2D eigenvalue weighted by Gasteiger charge is -2.17. The highest BCUT2D eigenvalue weighted by Crippen LogP contribution is 2.26. The van der Waals surface area contributed by atoms with Gasteiger partial charge in [-0.25, -0.2) is 4.79 Å². The molecule has 5 nitrogen and oxygen atoms in total. The second-order valence-electron chi connectivity index (χ2n) is 6.36. The number of rotatable bonds is 5. The van der Waals surface area contributed by atoms with Crippen molar-refractivity contribution in [3.05, 3.63) is 57.6 Å². The Kier molecular flexibility index (Phi) is 6.03. The Hall–Kier alpha value is -2.82. The summed E-state index contributed by atoms with van der Waals surface area (Å²) < 4.78 is 10.4. The van der Waals surface area contributed by atoms with Crippen LogP contribution in [0, 0.1) is 34.6 Å². The van der Waals surface area contributed by atoms with Crippen molar-refractivity contribution in [3.8, 4) is 5.75 Å². The molecule has 0 saturated carbocycles. The van der Waals surface area contributed by atoms with Crippen LogP contribution in [0.2, 0.25) is 0 Å². The third-order valence-corrected chi connectivity index (χ3v) is 4.89. The Bertz CT molecular complexity index is 826. The van der Waals surface area contributed by atoms with Gasteiger partial charge in [0.25, 0.3) is 5.91 Å². The van der Waals surface area contributed by atoms with E-state index in [0.717, 1.165) is 22.3 Å². The SMILES string of the molecule is COc1cccc(NC(=O)COC(=O)c2c(C)c(C)c(C)c(C)c2C)c1. The molecule has 1 amide bonds. The molecule has 0 aliphatic rings. The van der Waals surface area contributed by atoms with Gasteiger partial charge in [-0.2, -0.15) is 0 Å². The van der Waals surface area contributed by atoms with Crippen molar-refractivity contribution in [3.63, 3.8) is 0 Å². The Morgan fingerprint density at radius 1 is 0.923 bits per heavy atom. The van der Waals surface area contributed by atoms with E-state index < -0.39 is 11.9 Å². The summed E-state index contributed by atoms with van der Waals surface area (Å²) in [6, 6.07) is 6.98. The lowest BCUT2D eigenvalue weighted by Crippen LogP contribution is -2.22. The third-order valence-electron chi connectivity index (χ3n) is 4.89. The van der Waals surface area contributed by atoms with Crippen molar-refractivity contribution >= 4 is 17.6 Å². The van der Waals surface area contributed by atoms with Gasteiger partial charge in [0.15, 0.2) is 6.61 Å². The van der Waals surface area contributed by atoms with E-state index in [9.17, 15) is 9.59 Å². The minimum Gasteiger partial charge on any atom is -0.497 e. The molecule has 0 heterocycles. The maximum atomic E-state index is 12.5. The second kappa shape index (κ2) is 8.04. The normalized spacial score (nSPS) is 10.4. The van der Waals surface area contributed by atoms with Gasteiger partial charge >= 0.3 is 5.97 Å². The maximum Gasteiger partial charge on any atom is 0.339 e. The molecule has 5 heteroatoms. The first-order valence-electron chi connectivity index (χ1n) is 8.44. The molecule has 138 valence electrons. The lowest BCUT2D eigenvalue weighted by atomic mass is 9.90. The van der Waals surface area contributed by atoms with Gasteiger partial charge in [-0.05, 0) is 74.6 Å². The first kappa shape index (κ1) is 19.5. The molecule has 0 fully saturated rings. The Morgan fingerprint density at radius 2 is 1.50 bits per heavy atom. The number of carbonyl (C=O) groups is 2. The van der Waals surface area contributed by atoms with Crippen LogP contribution >= 0.6 is 0 Å². The van der Waals surface area contributed by atoms with Crippen molar-refractivity contribution in [2.45, 2.75) is 34.6 Å². The average Bonchev–Trinajstić information content (AvgIpc) is 2.63. The van der Waals surface area contributed by atoms with Gasteiger partial charge in [0.05, 0.1) is 12.7 Å². The highest BCUT2D eigenvalue weighted by atomic mass is 16.5. The zero-order valence-electron chi connectivity index (χ0n) is 16.1. The van der Waals surface area contributed by atoms with Crippen molar-refractivity contribution in [2.75, 3.05) is 19.0 Å². The van der Waals surface area contributed by atoms with E-state index >= 15 is 0 Å². The molecule has 0 radical (unpaired) electrons. The van der Waals surface area contributed by atoms with Gasteiger partial charge in [-0.3, -0.25) is 4.79 Å². The van der Waals surface area contributed by atoms with Crippen LogP contribution in [0.3, 0.4) is 0 Å². The van der Waals surface area contributed by atoms with Gasteiger partial charge in [0.2, 0.25) is 0 Å². The molecule has 0 unspecified atom stereocenters. The molecule has 2 aromatic rings.